The Labute approximate surface area is 146 Å². The number of Topliss-reactive ketones (excluding diaryl/α,β-unsaturated/α-hetero) is 3. The number of ketones is 3. The molecule has 0 atom stereocenters. The third kappa shape index (κ3) is 3.39. The highest BCUT2D eigenvalue weighted by atomic mass is 32.1. The summed E-state index contributed by atoms with van der Waals surface area (Å²) in [5.74, 6) is -0.642. The van der Waals surface area contributed by atoms with Gasteiger partial charge in [-0.25, -0.2) is 0 Å². The number of carbonyl (C=O) groups is 3. The molecule has 1 aromatic carbocycles. The van der Waals surface area contributed by atoms with E-state index in [0.717, 1.165) is 0 Å². The fourth-order valence-corrected chi connectivity index (χ4v) is 3.05. The monoisotopic (exact) mass is 338 g/mol. The number of fused-ring (bicyclic) bond motifs is 1. The average molecular weight is 338 g/mol. The molecule has 0 aliphatic heterocycles. The quantitative estimate of drug-likeness (QED) is 0.483. The van der Waals surface area contributed by atoms with Gasteiger partial charge in [-0.1, -0.05) is 36.5 Å². The number of hydrogen-bond donors (Lipinski definition) is 1. The molecule has 1 aliphatic rings. The maximum Gasteiger partial charge on any atom is 0.193 e. The summed E-state index contributed by atoms with van der Waals surface area (Å²) in [6.07, 6.45) is 12.6. The van der Waals surface area contributed by atoms with Crippen molar-refractivity contribution >= 4 is 36.1 Å². The van der Waals surface area contributed by atoms with Crippen LogP contribution in [-0.2, 0) is 0 Å². The summed E-state index contributed by atoms with van der Waals surface area (Å²) in [5, 5.41) is 0. The highest BCUT2D eigenvalue weighted by Crippen LogP contribution is 2.35. The topological polar surface area (TPSA) is 51.2 Å². The van der Waals surface area contributed by atoms with Crippen LogP contribution in [0.4, 0.5) is 0 Å². The van der Waals surface area contributed by atoms with Gasteiger partial charge in [-0.15, -0.1) is 12.6 Å². The Bertz CT molecular complexity index is 852. The fourth-order valence-electron chi connectivity index (χ4n) is 2.55. The van der Waals surface area contributed by atoms with E-state index in [1.54, 1.807) is 18.2 Å². The van der Waals surface area contributed by atoms with Crippen molar-refractivity contribution in [1.82, 2.24) is 0 Å². The molecule has 24 heavy (non-hydrogen) atoms. The molecule has 0 bridgehead atoms. The number of thiol groups is 1. The Morgan fingerprint density at radius 3 is 2.29 bits per heavy atom. The van der Waals surface area contributed by atoms with E-state index in [1.165, 1.54) is 19.9 Å². The molecule has 2 rings (SSSR count). The maximum absolute atomic E-state index is 12.6. The SMILES string of the molecule is C/C=C/C=C/C=C/C1=Cc2c(cc(C(C)=O)c(S)c2C(C)=O)C1=O. The molecule has 0 unspecified atom stereocenters. The Morgan fingerprint density at radius 1 is 1.04 bits per heavy atom. The lowest BCUT2D eigenvalue weighted by Gasteiger charge is -2.11. The molecule has 0 spiro atoms. The van der Waals surface area contributed by atoms with Gasteiger partial charge in [-0.3, -0.25) is 14.4 Å². The van der Waals surface area contributed by atoms with Crippen LogP contribution in [0.15, 0.2) is 53.0 Å². The minimum Gasteiger partial charge on any atom is -0.294 e. The number of rotatable bonds is 5. The first-order valence-corrected chi connectivity index (χ1v) is 7.97. The van der Waals surface area contributed by atoms with E-state index < -0.39 is 0 Å². The maximum atomic E-state index is 12.6. The first-order chi connectivity index (χ1) is 11.4. The third-order valence-electron chi connectivity index (χ3n) is 3.68. The van der Waals surface area contributed by atoms with Crippen molar-refractivity contribution < 1.29 is 14.4 Å². The molecule has 0 saturated carbocycles. The molecule has 1 aliphatic carbocycles. The van der Waals surface area contributed by atoms with Crippen LogP contribution >= 0.6 is 12.6 Å². The zero-order valence-electron chi connectivity index (χ0n) is 13.8. The van der Waals surface area contributed by atoms with E-state index in [9.17, 15) is 14.4 Å². The molecule has 1 aromatic rings. The molecule has 122 valence electrons. The van der Waals surface area contributed by atoms with E-state index in [4.69, 9.17) is 0 Å². The fraction of sp³-hybridized carbons (Fsp3) is 0.150. The van der Waals surface area contributed by atoms with Crippen molar-refractivity contribution in [2.45, 2.75) is 25.7 Å². The largest absolute Gasteiger partial charge is 0.294 e. The molecule has 0 heterocycles. The van der Waals surface area contributed by atoms with Crippen LogP contribution in [0.1, 0.15) is 57.4 Å². The van der Waals surface area contributed by atoms with Crippen LogP contribution < -0.4 is 0 Å². The third-order valence-corrected chi connectivity index (χ3v) is 4.14. The summed E-state index contributed by atoms with van der Waals surface area (Å²) in [7, 11) is 0. The molecular formula is C20H18O3S. The van der Waals surface area contributed by atoms with Crippen molar-refractivity contribution in [2.24, 2.45) is 0 Å². The lowest BCUT2D eigenvalue weighted by molar-refractivity contribution is 0.101. The van der Waals surface area contributed by atoms with Crippen molar-refractivity contribution in [2.75, 3.05) is 0 Å². The number of carbonyl (C=O) groups excluding carboxylic acids is 3. The van der Waals surface area contributed by atoms with Gasteiger partial charge < -0.3 is 0 Å². The second-order valence-corrected chi connectivity index (χ2v) is 5.87. The van der Waals surface area contributed by atoms with Crippen LogP contribution in [0.25, 0.3) is 6.08 Å². The van der Waals surface area contributed by atoms with Gasteiger partial charge in [0.25, 0.3) is 0 Å². The Hall–Kier alpha value is -2.46. The van der Waals surface area contributed by atoms with E-state index in [1.807, 2.05) is 31.2 Å². The van der Waals surface area contributed by atoms with Gasteiger partial charge in [0.2, 0.25) is 0 Å². The predicted octanol–water partition coefficient (Wildman–Crippen LogP) is 4.65. The lowest BCUT2D eigenvalue weighted by atomic mass is 9.95. The van der Waals surface area contributed by atoms with Gasteiger partial charge in [0.15, 0.2) is 17.3 Å². The van der Waals surface area contributed by atoms with E-state index in [-0.39, 0.29) is 17.3 Å². The minimum absolute atomic E-state index is 0.195. The second-order valence-electron chi connectivity index (χ2n) is 5.42. The zero-order valence-corrected chi connectivity index (χ0v) is 14.7. The van der Waals surface area contributed by atoms with Crippen molar-refractivity contribution in [3.05, 3.63) is 70.3 Å². The van der Waals surface area contributed by atoms with Gasteiger partial charge in [-0.2, -0.15) is 0 Å². The Kier molecular flexibility index (Phi) is 5.52. The normalized spacial score (nSPS) is 14.0. The van der Waals surface area contributed by atoms with Crippen LogP contribution in [0.3, 0.4) is 0 Å². The van der Waals surface area contributed by atoms with Gasteiger partial charge in [0.1, 0.15) is 0 Å². The summed E-state index contributed by atoms with van der Waals surface area (Å²) in [6.45, 7) is 4.72. The molecule has 0 N–H and O–H groups in total. The highest BCUT2D eigenvalue weighted by Gasteiger charge is 2.28. The molecule has 0 aromatic heterocycles. The molecule has 0 amide bonds. The van der Waals surface area contributed by atoms with Crippen molar-refractivity contribution in [3.8, 4) is 0 Å². The smallest absolute Gasteiger partial charge is 0.193 e. The standard InChI is InChI=1S/C20H18O3S/c1-4-5-6-7-8-9-14-10-16-17(19(14)23)11-15(12(2)21)20(24)18(16)13(3)22/h4-11,24H,1-3H3/b5-4+,7-6+,9-8+. The van der Waals surface area contributed by atoms with E-state index in [2.05, 4.69) is 12.6 Å². The van der Waals surface area contributed by atoms with Gasteiger partial charge >= 0.3 is 0 Å². The van der Waals surface area contributed by atoms with Crippen LogP contribution in [0, 0.1) is 0 Å². The first kappa shape index (κ1) is 17.9. The summed E-state index contributed by atoms with van der Waals surface area (Å²) in [5.41, 5.74) is 2.01. The zero-order chi connectivity index (χ0) is 17.9. The average Bonchev–Trinajstić information content (AvgIpc) is 2.81. The molecule has 3 nitrogen and oxygen atoms in total. The van der Waals surface area contributed by atoms with Gasteiger partial charge in [0.05, 0.1) is 0 Å². The molecule has 4 heteroatoms. The predicted molar refractivity (Wildman–Crippen MR) is 99.1 cm³/mol. The van der Waals surface area contributed by atoms with E-state index >= 15 is 0 Å². The Balaban J connectivity index is 2.53. The molecular weight excluding hydrogens is 320 g/mol. The lowest BCUT2D eigenvalue weighted by Crippen LogP contribution is -2.08. The highest BCUT2D eigenvalue weighted by molar-refractivity contribution is 7.80. The summed E-state index contributed by atoms with van der Waals surface area (Å²) in [4.78, 5) is 36.7. The Morgan fingerprint density at radius 2 is 1.71 bits per heavy atom. The van der Waals surface area contributed by atoms with Gasteiger partial charge in [-0.05, 0) is 38.5 Å². The molecule has 0 radical (unpaired) electrons. The number of hydrogen-bond acceptors (Lipinski definition) is 4. The van der Waals surface area contributed by atoms with Gasteiger partial charge in [0, 0.05) is 27.2 Å². The van der Waals surface area contributed by atoms with Crippen LogP contribution in [-0.4, -0.2) is 17.3 Å². The van der Waals surface area contributed by atoms with Crippen LogP contribution in [0.2, 0.25) is 0 Å². The van der Waals surface area contributed by atoms with E-state index in [0.29, 0.717) is 32.7 Å². The number of benzene rings is 1. The number of allylic oxidation sites excluding steroid dienone is 7. The summed E-state index contributed by atoms with van der Waals surface area (Å²) in [6, 6.07) is 1.53. The molecule has 0 saturated heterocycles. The summed E-state index contributed by atoms with van der Waals surface area (Å²) < 4.78 is 0. The minimum atomic E-state index is -0.226. The first-order valence-electron chi connectivity index (χ1n) is 7.52. The van der Waals surface area contributed by atoms with Crippen molar-refractivity contribution in [1.29, 1.82) is 0 Å². The molecule has 0 fully saturated rings. The van der Waals surface area contributed by atoms with Crippen LogP contribution in [0.5, 0.6) is 0 Å². The summed E-state index contributed by atoms with van der Waals surface area (Å²) >= 11 is 4.34. The van der Waals surface area contributed by atoms with Crippen molar-refractivity contribution in [3.63, 3.8) is 0 Å². The second kappa shape index (κ2) is 7.41.